The van der Waals surface area contributed by atoms with Crippen molar-refractivity contribution in [2.24, 2.45) is 10.9 Å². The summed E-state index contributed by atoms with van der Waals surface area (Å²) in [5, 5.41) is 0.783. The molecule has 2 fully saturated rings. The molecule has 1 heterocycles. The molecule has 184 valence electrons. The number of amides is 1. The van der Waals surface area contributed by atoms with Gasteiger partial charge in [-0.05, 0) is 84.1 Å². The van der Waals surface area contributed by atoms with Gasteiger partial charge in [0, 0.05) is 10.5 Å². The zero-order valence-corrected chi connectivity index (χ0v) is 22.7. The van der Waals surface area contributed by atoms with Crippen molar-refractivity contribution >= 4 is 50.5 Å². The Bertz CT molecular complexity index is 1260. The second kappa shape index (κ2) is 11.5. The number of carbonyl (C=O) groups excluding carboxylic acids is 1. The number of hydrogen-bond donors (Lipinski definition) is 0. The molecule has 1 saturated carbocycles. The maximum atomic E-state index is 13.6. The summed E-state index contributed by atoms with van der Waals surface area (Å²) in [5.41, 5.74) is 2.95. The van der Waals surface area contributed by atoms with E-state index >= 15 is 0 Å². The van der Waals surface area contributed by atoms with Gasteiger partial charge >= 0.3 is 0 Å². The van der Waals surface area contributed by atoms with E-state index in [1.807, 2.05) is 89.8 Å². The van der Waals surface area contributed by atoms with Crippen LogP contribution in [0.5, 0.6) is 5.75 Å². The van der Waals surface area contributed by atoms with Gasteiger partial charge in [0.15, 0.2) is 5.17 Å². The number of ether oxygens (including phenoxy) is 1. The van der Waals surface area contributed by atoms with E-state index in [9.17, 15) is 4.79 Å². The highest BCUT2D eigenvalue weighted by Crippen LogP contribution is 2.40. The van der Waals surface area contributed by atoms with E-state index in [1.54, 1.807) is 0 Å². The normalized spacial score (nSPS) is 22.4. The zero-order chi connectivity index (χ0) is 24.9. The molecular formula is C30H29BrN2O2S. The number of hydrogen-bond acceptors (Lipinski definition) is 4. The molecule has 4 nitrogen and oxygen atoms in total. The van der Waals surface area contributed by atoms with Gasteiger partial charge in [0.05, 0.1) is 10.6 Å². The summed E-state index contributed by atoms with van der Waals surface area (Å²) in [4.78, 5) is 21.2. The predicted octanol–water partition coefficient (Wildman–Crippen LogP) is 8.21. The van der Waals surface area contributed by atoms with Gasteiger partial charge in [-0.15, -0.1) is 0 Å². The smallest absolute Gasteiger partial charge is 0.267 e. The van der Waals surface area contributed by atoms with Gasteiger partial charge < -0.3 is 4.74 Å². The van der Waals surface area contributed by atoms with Crippen LogP contribution in [0.4, 0.5) is 5.69 Å². The number of halogens is 1. The fourth-order valence-electron chi connectivity index (χ4n) is 4.71. The average Bonchev–Trinajstić information content (AvgIpc) is 3.19. The highest BCUT2D eigenvalue weighted by atomic mass is 79.9. The molecule has 0 aromatic heterocycles. The molecule has 36 heavy (non-hydrogen) atoms. The number of nitrogens with zero attached hydrogens (tertiary/aromatic N) is 2. The van der Waals surface area contributed by atoms with Crippen LogP contribution in [-0.2, 0) is 11.4 Å². The average molecular weight is 562 g/mol. The highest BCUT2D eigenvalue weighted by Gasteiger charge is 2.41. The maximum absolute atomic E-state index is 13.6. The molecule has 1 amide bonds. The molecule has 2 atom stereocenters. The number of thioether (sulfide) groups is 1. The van der Waals surface area contributed by atoms with E-state index in [0.29, 0.717) is 17.4 Å². The zero-order valence-electron chi connectivity index (χ0n) is 20.3. The van der Waals surface area contributed by atoms with Gasteiger partial charge in [-0.2, -0.15) is 0 Å². The molecule has 3 aromatic carbocycles. The van der Waals surface area contributed by atoms with Gasteiger partial charge in [-0.1, -0.05) is 78.2 Å². The first kappa shape index (κ1) is 24.8. The Kier molecular flexibility index (Phi) is 7.93. The maximum Gasteiger partial charge on any atom is 0.267 e. The lowest BCUT2D eigenvalue weighted by Gasteiger charge is -2.35. The fraction of sp³-hybridized carbons (Fsp3) is 0.267. The molecular weight excluding hydrogens is 532 g/mol. The van der Waals surface area contributed by atoms with E-state index in [-0.39, 0.29) is 11.9 Å². The monoisotopic (exact) mass is 560 g/mol. The van der Waals surface area contributed by atoms with E-state index in [1.165, 1.54) is 18.2 Å². The first-order valence-corrected chi connectivity index (χ1v) is 14.0. The number of carbonyl (C=O) groups is 1. The Balaban J connectivity index is 1.35. The van der Waals surface area contributed by atoms with Gasteiger partial charge in [0.25, 0.3) is 5.91 Å². The molecule has 1 aliphatic heterocycles. The first-order valence-electron chi connectivity index (χ1n) is 12.4. The molecule has 0 bridgehead atoms. The van der Waals surface area contributed by atoms with Crippen molar-refractivity contribution < 1.29 is 9.53 Å². The van der Waals surface area contributed by atoms with Gasteiger partial charge in [0.2, 0.25) is 0 Å². The number of amidine groups is 1. The van der Waals surface area contributed by atoms with Gasteiger partial charge in [0.1, 0.15) is 12.4 Å². The SMILES string of the molecule is C[C@@H]1CCCC[C@H]1N1C(=O)/C(=C/c2ccc(OCc3ccc(Br)cc3)cc2)SC1=Nc1ccccc1. The highest BCUT2D eigenvalue weighted by molar-refractivity contribution is 9.10. The summed E-state index contributed by atoms with van der Waals surface area (Å²) in [6, 6.07) is 26.1. The Morgan fingerprint density at radius 2 is 1.72 bits per heavy atom. The van der Waals surface area contributed by atoms with E-state index in [0.717, 1.165) is 51.5 Å². The van der Waals surface area contributed by atoms with Crippen LogP contribution in [-0.4, -0.2) is 22.0 Å². The van der Waals surface area contributed by atoms with Crippen LogP contribution in [0, 0.1) is 5.92 Å². The molecule has 0 unspecified atom stereocenters. The summed E-state index contributed by atoms with van der Waals surface area (Å²) >= 11 is 4.93. The van der Waals surface area contributed by atoms with Crippen molar-refractivity contribution in [1.29, 1.82) is 0 Å². The Hall–Kier alpha value is -2.83. The molecule has 1 aliphatic carbocycles. The lowest BCUT2D eigenvalue weighted by Crippen LogP contribution is -2.44. The van der Waals surface area contributed by atoms with Crippen molar-refractivity contribution in [3.05, 3.63) is 99.4 Å². The van der Waals surface area contributed by atoms with Gasteiger partial charge in [-0.3, -0.25) is 9.69 Å². The van der Waals surface area contributed by atoms with Crippen molar-refractivity contribution in [1.82, 2.24) is 4.90 Å². The lowest BCUT2D eigenvalue weighted by atomic mass is 9.85. The Morgan fingerprint density at radius 1 is 1.00 bits per heavy atom. The number of aliphatic imine (C=N–C) groups is 1. The number of rotatable bonds is 6. The van der Waals surface area contributed by atoms with Crippen LogP contribution in [0.2, 0.25) is 0 Å². The summed E-state index contributed by atoms with van der Waals surface area (Å²) in [6.07, 6.45) is 6.54. The summed E-state index contributed by atoms with van der Waals surface area (Å²) in [6.45, 7) is 2.77. The standard InChI is InChI=1S/C30H29BrN2O2S/c1-21-7-5-6-10-27(21)33-29(34)28(36-30(33)32-25-8-3-2-4-9-25)19-22-13-17-26(18-14-22)35-20-23-11-15-24(31)16-12-23/h2-4,8-9,11-19,21,27H,5-7,10,20H2,1H3/b28-19-,32-30?/t21-,27-/m1/s1. The molecule has 0 N–H and O–H groups in total. The number of para-hydroxylation sites is 1. The van der Waals surface area contributed by atoms with Gasteiger partial charge in [-0.25, -0.2) is 4.99 Å². The number of benzene rings is 3. The third kappa shape index (κ3) is 5.93. The molecule has 0 spiro atoms. The summed E-state index contributed by atoms with van der Waals surface area (Å²) in [5.74, 6) is 1.32. The van der Waals surface area contributed by atoms with E-state index < -0.39 is 0 Å². The van der Waals surface area contributed by atoms with E-state index in [2.05, 4.69) is 22.9 Å². The second-order valence-electron chi connectivity index (χ2n) is 9.33. The van der Waals surface area contributed by atoms with Crippen LogP contribution in [0.3, 0.4) is 0 Å². The quantitative estimate of drug-likeness (QED) is 0.285. The van der Waals surface area contributed by atoms with Crippen LogP contribution in [0.1, 0.15) is 43.7 Å². The van der Waals surface area contributed by atoms with Crippen molar-refractivity contribution in [3.63, 3.8) is 0 Å². The molecule has 3 aromatic rings. The minimum Gasteiger partial charge on any atom is -0.489 e. The molecule has 6 heteroatoms. The predicted molar refractivity (Wildman–Crippen MR) is 152 cm³/mol. The van der Waals surface area contributed by atoms with Crippen LogP contribution >= 0.6 is 27.7 Å². The Labute approximate surface area is 225 Å². The fourth-order valence-corrected chi connectivity index (χ4v) is 6.02. The second-order valence-corrected chi connectivity index (χ2v) is 11.3. The minimum atomic E-state index is 0.0593. The van der Waals surface area contributed by atoms with Crippen molar-refractivity contribution in [2.45, 2.75) is 45.3 Å². The third-order valence-corrected chi connectivity index (χ3v) is 8.22. The van der Waals surface area contributed by atoms with Crippen molar-refractivity contribution in [3.8, 4) is 5.75 Å². The third-order valence-electron chi connectivity index (χ3n) is 6.71. The Morgan fingerprint density at radius 3 is 2.44 bits per heavy atom. The van der Waals surface area contributed by atoms with Crippen LogP contribution in [0.15, 0.2) is 93.2 Å². The summed E-state index contributed by atoms with van der Waals surface area (Å²) < 4.78 is 6.99. The molecule has 2 aliphatic rings. The minimum absolute atomic E-state index is 0.0593. The topological polar surface area (TPSA) is 41.9 Å². The summed E-state index contributed by atoms with van der Waals surface area (Å²) in [7, 11) is 0. The molecule has 0 radical (unpaired) electrons. The first-order chi connectivity index (χ1) is 17.6. The lowest BCUT2D eigenvalue weighted by molar-refractivity contribution is -0.124. The molecule has 5 rings (SSSR count). The van der Waals surface area contributed by atoms with Crippen LogP contribution in [0.25, 0.3) is 6.08 Å². The largest absolute Gasteiger partial charge is 0.489 e. The van der Waals surface area contributed by atoms with Crippen molar-refractivity contribution in [2.75, 3.05) is 0 Å². The van der Waals surface area contributed by atoms with Crippen LogP contribution < -0.4 is 4.74 Å². The molecule has 1 saturated heterocycles. The van der Waals surface area contributed by atoms with E-state index in [4.69, 9.17) is 9.73 Å².